The highest BCUT2D eigenvalue weighted by Crippen LogP contribution is 2.24. The van der Waals surface area contributed by atoms with Crippen molar-refractivity contribution >= 4 is 17.5 Å². The van der Waals surface area contributed by atoms with Crippen molar-refractivity contribution < 1.29 is 9.59 Å². The Morgan fingerprint density at radius 1 is 1.37 bits per heavy atom. The molecule has 0 bridgehead atoms. The summed E-state index contributed by atoms with van der Waals surface area (Å²) in [5, 5.41) is 5.74. The van der Waals surface area contributed by atoms with Gasteiger partial charge in [-0.25, -0.2) is 0 Å². The molecule has 1 aromatic carbocycles. The van der Waals surface area contributed by atoms with Crippen molar-refractivity contribution in [3.63, 3.8) is 0 Å². The van der Waals surface area contributed by atoms with Gasteiger partial charge < -0.3 is 10.6 Å². The lowest BCUT2D eigenvalue weighted by Crippen LogP contribution is -2.41. The zero-order chi connectivity index (χ0) is 14.2. The Morgan fingerprint density at radius 2 is 2.05 bits per heavy atom. The molecule has 1 heterocycles. The lowest BCUT2D eigenvalue weighted by atomic mass is 9.88. The topological polar surface area (TPSA) is 58.2 Å². The zero-order valence-corrected chi connectivity index (χ0v) is 11.8. The van der Waals surface area contributed by atoms with Crippen LogP contribution in [0.25, 0.3) is 0 Å². The fourth-order valence-corrected chi connectivity index (χ4v) is 1.85. The molecule has 0 saturated carbocycles. The highest BCUT2D eigenvalue weighted by atomic mass is 16.2. The van der Waals surface area contributed by atoms with Crippen LogP contribution in [0.15, 0.2) is 18.2 Å². The molecule has 1 aliphatic rings. The molecule has 1 aliphatic heterocycles. The molecule has 4 heteroatoms. The standard InChI is InChI=1S/C15H20N2O2/c1-9(15(2,3)4)16-14(19)11-6-5-10-8-13(18)17-12(10)7-11/h5-7,9H,8H2,1-4H3,(H,16,19)(H,17,18). The lowest BCUT2D eigenvalue weighted by Gasteiger charge is -2.28. The maximum Gasteiger partial charge on any atom is 0.251 e. The van der Waals surface area contributed by atoms with Gasteiger partial charge in [0, 0.05) is 17.3 Å². The average Bonchev–Trinajstić information content (AvgIpc) is 2.66. The molecule has 1 aromatic rings. The maximum absolute atomic E-state index is 12.2. The van der Waals surface area contributed by atoms with Gasteiger partial charge in [-0.1, -0.05) is 26.8 Å². The van der Waals surface area contributed by atoms with E-state index in [1.54, 1.807) is 12.1 Å². The summed E-state index contributed by atoms with van der Waals surface area (Å²) >= 11 is 0. The van der Waals surface area contributed by atoms with Crippen molar-refractivity contribution in [3.8, 4) is 0 Å². The molecule has 0 radical (unpaired) electrons. The van der Waals surface area contributed by atoms with Crippen molar-refractivity contribution in [2.75, 3.05) is 5.32 Å². The number of carbonyl (C=O) groups is 2. The van der Waals surface area contributed by atoms with E-state index in [-0.39, 0.29) is 23.3 Å². The lowest BCUT2D eigenvalue weighted by molar-refractivity contribution is -0.115. The second-order valence-electron chi connectivity index (χ2n) is 6.16. The number of benzene rings is 1. The third kappa shape index (κ3) is 2.95. The molecule has 19 heavy (non-hydrogen) atoms. The van der Waals surface area contributed by atoms with Crippen molar-refractivity contribution in [3.05, 3.63) is 29.3 Å². The second kappa shape index (κ2) is 4.68. The third-order valence-corrected chi connectivity index (χ3v) is 3.64. The summed E-state index contributed by atoms with van der Waals surface area (Å²) in [5.74, 6) is -0.123. The van der Waals surface area contributed by atoms with E-state index in [2.05, 4.69) is 31.4 Å². The second-order valence-corrected chi connectivity index (χ2v) is 6.16. The molecule has 2 amide bonds. The molecule has 102 valence electrons. The molecule has 0 saturated heterocycles. The number of nitrogens with one attached hydrogen (secondary N) is 2. The Labute approximate surface area is 113 Å². The van der Waals surface area contributed by atoms with Crippen LogP contribution in [-0.2, 0) is 11.2 Å². The molecule has 1 unspecified atom stereocenters. The largest absolute Gasteiger partial charge is 0.349 e. The molecule has 4 nitrogen and oxygen atoms in total. The van der Waals surface area contributed by atoms with Crippen molar-refractivity contribution in [2.24, 2.45) is 5.41 Å². The van der Waals surface area contributed by atoms with Crippen molar-refractivity contribution in [2.45, 2.75) is 40.2 Å². The fourth-order valence-electron chi connectivity index (χ4n) is 1.85. The number of hydrogen-bond acceptors (Lipinski definition) is 2. The quantitative estimate of drug-likeness (QED) is 0.857. The van der Waals surface area contributed by atoms with Gasteiger partial charge in [0.1, 0.15) is 0 Å². The Morgan fingerprint density at radius 3 is 2.68 bits per heavy atom. The molecule has 0 aromatic heterocycles. The van der Waals surface area contributed by atoms with E-state index in [1.165, 1.54) is 0 Å². The van der Waals surface area contributed by atoms with E-state index in [4.69, 9.17) is 0 Å². The van der Waals surface area contributed by atoms with Gasteiger partial charge in [0.2, 0.25) is 5.91 Å². The highest BCUT2D eigenvalue weighted by Gasteiger charge is 2.23. The number of fused-ring (bicyclic) bond motifs is 1. The summed E-state index contributed by atoms with van der Waals surface area (Å²) in [7, 11) is 0. The van der Waals surface area contributed by atoms with Gasteiger partial charge in [-0.15, -0.1) is 0 Å². The first-order valence-corrected chi connectivity index (χ1v) is 6.51. The average molecular weight is 260 g/mol. The van der Waals surface area contributed by atoms with Crippen LogP contribution in [0.4, 0.5) is 5.69 Å². The molecule has 0 fully saturated rings. The van der Waals surface area contributed by atoms with E-state index in [9.17, 15) is 9.59 Å². The summed E-state index contributed by atoms with van der Waals surface area (Å²) in [6.45, 7) is 8.25. The van der Waals surface area contributed by atoms with Crippen LogP contribution in [0.1, 0.15) is 43.6 Å². The van der Waals surface area contributed by atoms with Crippen LogP contribution >= 0.6 is 0 Å². The molecular weight excluding hydrogens is 240 g/mol. The van der Waals surface area contributed by atoms with Gasteiger partial charge in [0.25, 0.3) is 5.91 Å². The van der Waals surface area contributed by atoms with Crippen LogP contribution in [-0.4, -0.2) is 17.9 Å². The first-order valence-electron chi connectivity index (χ1n) is 6.51. The number of carbonyl (C=O) groups excluding carboxylic acids is 2. The summed E-state index contributed by atoms with van der Waals surface area (Å²) in [6.07, 6.45) is 0.398. The molecule has 0 aliphatic carbocycles. The van der Waals surface area contributed by atoms with E-state index in [0.29, 0.717) is 12.0 Å². The fraction of sp³-hybridized carbons (Fsp3) is 0.467. The smallest absolute Gasteiger partial charge is 0.251 e. The number of rotatable bonds is 2. The minimum Gasteiger partial charge on any atom is -0.349 e. The normalized spacial score (nSPS) is 15.7. The van der Waals surface area contributed by atoms with E-state index in [0.717, 1.165) is 11.3 Å². The molecule has 2 rings (SSSR count). The molecule has 1 atom stereocenters. The van der Waals surface area contributed by atoms with Crippen LogP contribution < -0.4 is 10.6 Å². The minimum atomic E-state index is -0.105. The first kappa shape index (κ1) is 13.6. The van der Waals surface area contributed by atoms with Gasteiger partial charge in [-0.05, 0) is 30.0 Å². The summed E-state index contributed by atoms with van der Waals surface area (Å²) < 4.78 is 0. The number of hydrogen-bond donors (Lipinski definition) is 2. The minimum absolute atomic E-state index is 0.0145. The van der Waals surface area contributed by atoms with E-state index in [1.807, 2.05) is 13.0 Å². The van der Waals surface area contributed by atoms with Gasteiger partial charge >= 0.3 is 0 Å². The first-order chi connectivity index (χ1) is 8.77. The molecular formula is C15H20N2O2. The van der Waals surface area contributed by atoms with Gasteiger partial charge in [0.05, 0.1) is 6.42 Å². The Hall–Kier alpha value is -1.84. The van der Waals surface area contributed by atoms with Crippen molar-refractivity contribution in [1.82, 2.24) is 5.32 Å². The van der Waals surface area contributed by atoms with Gasteiger partial charge in [0.15, 0.2) is 0 Å². The molecule has 0 spiro atoms. The van der Waals surface area contributed by atoms with Crippen LogP contribution in [0.2, 0.25) is 0 Å². The SMILES string of the molecule is CC(NC(=O)c1ccc2c(c1)NC(=O)C2)C(C)(C)C. The number of amides is 2. The Kier molecular flexibility index (Phi) is 3.35. The summed E-state index contributed by atoms with van der Waals surface area (Å²) in [5.41, 5.74) is 2.30. The maximum atomic E-state index is 12.2. The van der Waals surface area contributed by atoms with E-state index < -0.39 is 0 Å². The third-order valence-electron chi connectivity index (χ3n) is 3.64. The zero-order valence-electron chi connectivity index (χ0n) is 11.8. The number of anilines is 1. The molecule has 2 N–H and O–H groups in total. The summed E-state index contributed by atoms with van der Waals surface area (Å²) in [6, 6.07) is 5.42. The highest BCUT2D eigenvalue weighted by molar-refractivity contribution is 6.02. The predicted molar refractivity (Wildman–Crippen MR) is 75.2 cm³/mol. The Bertz CT molecular complexity index is 529. The monoisotopic (exact) mass is 260 g/mol. The van der Waals surface area contributed by atoms with E-state index >= 15 is 0 Å². The van der Waals surface area contributed by atoms with Gasteiger partial charge in [-0.2, -0.15) is 0 Å². The summed E-state index contributed by atoms with van der Waals surface area (Å²) in [4.78, 5) is 23.4. The van der Waals surface area contributed by atoms with Crippen molar-refractivity contribution in [1.29, 1.82) is 0 Å². The Balaban J connectivity index is 2.13. The van der Waals surface area contributed by atoms with Crippen LogP contribution in [0.5, 0.6) is 0 Å². The predicted octanol–water partition coefficient (Wildman–Crippen LogP) is 2.35. The van der Waals surface area contributed by atoms with Crippen LogP contribution in [0.3, 0.4) is 0 Å². The van der Waals surface area contributed by atoms with Gasteiger partial charge in [-0.3, -0.25) is 9.59 Å². The van der Waals surface area contributed by atoms with Crippen LogP contribution in [0, 0.1) is 5.41 Å².